The Morgan fingerprint density at radius 1 is 1.17 bits per heavy atom. The van der Waals surface area contributed by atoms with Gasteiger partial charge in [0.05, 0.1) is 0 Å². The molecular weight excluding hydrogens is 374 g/mol. The molecule has 3 rings (SSSR count). The molecule has 2 heterocycles. The molecule has 0 bridgehead atoms. The number of rotatable bonds is 4. The van der Waals surface area contributed by atoms with E-state index in [-0.39, 0.29) is 29.9 Å². The van der Waals surface area contributed by atoms with Gasteiger partial charge in [-0.05, 0) is 56.8 Å². The molecular formula is C21H33N3O5. The second kappa shape index (κ2) is 7.95. The number of ether oxygens (including phenoxy) is 1. The third-order valence-corrected chi connectivity index (χ3v) is 6.39. The van der Waals surface area contributed by atoms with Gasteiger partial charge >= 0.3 is 12.0 Å². The monoisotopic (exact) mass is 407 g/mol. The van der Waals surface area contributed by atoms with E-state index in [1.54, 1.807) is 4.90 Å². The molecule has 1 aliphatic carbocycles. The largest absolute Gasteiger partial charge is 0.454 e. The van der Waals surface area contributed by atoms with Crippen molar-refractivity contribution in [2.75, 3.05) is 19.7 Å². The summed E-state index contributed by atoms with van der Waals surface area (Å²) in [6, 6.07) is -0.426. The molecule has 0 aromatic heterocycles. The van der Waals surface area contributed by atoms with Crippen molar-refractivity contribution in [3.63, 3.8) is 0 Å². The lowest BCUT2D eigenvalue weighted by molar-refractivity contribution is -0.155. The summed E-state index contributed by atoms with van der Waals surface area (Å²) in [5, 5.41) is 2.84. The molecule has 2 aliphatic heterocycles. The number of hydrogen-bond donors (Lipinski definition) is 1. The molecule has 1 spiro atoms. The number of urea groups is 1. The summed E-state index contributed by atoms with van der Waals surface area (Å²) in [7, 11) is 0. The Hall–Kier alpha value is -2.12. The minimum Gasteiger partial charge on any atom is -0.454 e. The van der Waals surface area contributed by atoms with Crippen molar-refractivity contribution in [2.24, 2.45) is 11.3 Å². The van der Waals surface area contributed by atoms with Crippen molar-refractivity contribution in [3.8, 4) is 0 Å². The number of carbonyl (C=O) groups excluding carboxylic acids is 4. The first-order chi connectivity index (χ1) is 13.5. The van der Waals surface area contributed by atoms with Crippen LogP contribution in [0.15, 0.2) is 0 Å². The fourth-order valence-electron chi connectivity index (χ4n) is 5.52. The highest BCUT2D eigenvalue weighted by Crippen LogP contribution is 2.46. The van der Waals surface area contributed by atoms with Crippen LogP contribution in [-0.4, -0.2) is 64.9 Å². The zero-order valence-electron chi connectivity index (χ0n) is 18.0. The van der Waals surface area contributed by atoms with Gasteiger partial charge < -0.3 is 15.0 Å². The van der Waals surface area contributed by atoms with Gasteiger partial charge in [-0.3, -0.25) is 19.3 Å². The predicted octanol–water partition coefficient (Wildman–Crippen LogP) is 2.07. The van der Waals surface area contributed by atoms with E-state index >= 15 is 0 Å². The van der Waals surface area contributed by atoms with Crippen LogP contribution in [0.1, 0.15) is 66.2 Å². The number of carbonyl (C=O) groups is 4. The fraction of sp³-hybridized carbons (Fsp3) is 0.810. The summed E-state index contributed by atoms with van der Waals surface area (Å²) < 4.78 is 5.10. The van der Waals surface area contributed by atoms with Gasteiger partial charge in [-0.1, -0.05) is 20.8 Å². The lowest BCUT2D eigenvalue weighted by Crippen LogP contribution is -2.54. The van der Waals surface area contributed by atoms with Crippen LogP contribution in [0.3, 0.4) is 0 Å². The quantitative estimate of drug-likeness (QED) is 0.568. The Bertz CT molecular complexity index is 706. The lowest BCUT2D eigenvalue weighted by atomic mass is 9.64. The smallest absolute Gasteiger partial charge is 0.326 e. The van der Waals surface area contributed by atoms with Crippen molar-refractivity contribution in [3.05, 3.63) is 0 Å². The van der Waals surface area contributed by atoms with E-state index in [1.807, 2.05) is 6.92 Å². The Morgan fingerprint density at radius 3 is 2.55 bits per heavy atom. The first kappa shape index (κ1) is 21.6. The standard InChI is InChI=1S/C21H33N3O5/c1-14-9-20(3,4)13-21(10-14)18(27)24(19(28)22-21)11-17(26)29-12-16(25)23-8-6-5-7-15(23)2/h14-15H,5-13H2,1-4H3,(H,22,28). The minimum absolute atomic E-state index is 0.0747. The molecule has 4 amide bonds. The second-order valence-corrected chi connectivity index (χ2v) is 9.85. The van der Waals surface area contributed by atoms with Gasteiger partial charge in [0.2, 0.25) is 0 Å². The molecule has 1 N–H and O–H groups in total. The van der Waals surface area contributed by atoms with Crippen molar-refractivity contribution >= 4 is 23.8 Å². The van der Waals surface area contributed by atoms with E-state index in [2.05, 4.69) is 26.1 Å². The summed E-state index contributed by atoms with van der Waals surface area (Å²) in [5.41, 5.74) is -1.02. The molecule has 1 saturated carbocycles. The molecule has 3 aliphatic rings. The number of nitrogens with zero attached hydrogens (tertiary/aromatic N) is 2. The molecule has 8 heteroatoms. The van der Waals surface area contributed by atoms with E-state index in [0.717, 1.165) is 30.6 Å². The molecule has 3 unspecified atom stereocenters. The fourth-order valence-corrected chi connectivity index (χ4v) is 5.52. The zero-order chi connectivity index (χ0) is 21.4. The summed E-state index contributed by atoms with van der Waals surface area (Å²) >= 11 is 0. The first-order valence-corrected chi connectivity index (χ1v) is 10.6. The van der Waals surface area contributed by atoms with Crippen molar-refractivity contribution in [1.82, 2.24) is 15.1 Å². The molecule has 0 radical (unpaired) electrons. The van der Waals surface area contributed by atoms with Gasteiger partial charge in [-0.2, -0.15) is 0 Å². The van der Waals surface area contributed by atoms with E-state index in [4.69, 9.17) is 4.74 Å². The summed E-state index contributed by atoms with van der Waals surface area (Å²) in [4.78, 5) is 52.7. The highest BCUT2D eigenvalue weighted by molar-refractivity contribution is 6.08. The number of hydrogen-bond acceptors (Lipinski definition) is 5. The average Bonchev–Trinajstić information content (AvgIpc) is 2.81. The SMILES string of the molecule is CC1CC(C)(C)CC2(C1)NC(=O)N(CC(=O)OCC(=O)N1CCCCC1C)C2=O. The van der Waals surface area contributed by atoms with Gasteiger partial charge in [0.15, 0.2) is 6.61 Å². The maximum atomic E-state index is 13.0. The zero-order valence-corrected chi connectivity index (χ0v) is 18.0. The normalized spacial score (nSPS) is 31.7. The number of imide groups is 1. The Kier molecular flexibility index (Phi) is 5.92. The maximum Gasteiger partial charge on any atom is 0.326 e. The molecule has 162 valence electrons. The van der Waals surface area contributed by atoms with Crippen LogP contribution in [0.2, 0.25) is 0 Å². The van der Waals surface area contributed by atoms with Crippen LogP contribution < -0.4 is 5.32 Å². The Labute approximate surface area is 172 Å². The summed E-state index contributed by atoms with van der Waals surface area (Å²) in [6.45, 7) is 8.08. The number of nitrogens with one attached hydrogen (secondary N) is 1. The number of piperidine rings is 1. The second-order valence-electron chi connectivity index (χ2n) is 9.85. The highest BCUT2D eigenvalue weighted by atomic mass is 16.5. The van der Waals surface area contributed by atoms with Gasteiger partial charge in [0, 0.05) is 12.6 Å². The Morgan fingerprint density at radius 2 is 1.90 bits per heavy atom. The predicted molar refractivity (Wildman–Crippen MR) is 106 cm³/mol. The van der Waals surface area contributed by atoms with Gasteiger partial charge in [0.25, 0.3) is 11.8 Å². The van der Waals surface area contributed by atoms with Crippen molar-refractivity contribution in [1.29, 1.82) is 0 Å². The van der Waals surface area contributed by atoms with Crippen LogP contribution >= 0.6 is 0 Å². The molecule has 3 atom stereocenters. The van der Waals surface area contributed by atoms with Crippen molar-refractivity contribution in [2.45, 2.75) is 77.8 Å². The third kappa shape index (κ3) is 4.56. The van der Waals surface area contributed by atoms with Crippen LogP contribution in [0.5, 0.6) is 0 Å². The van der Waals surface area contributed by atoms with Crippen LogP contribution in [0, 0.1) is 11.3 Å². The number of esters is 1. The number of likely N-dealkylation sites (tertiary alicyclic amines) is 1. The lowest BCUT2D eigenvalue weighted by Gasteiger charge is -2.43. The third-order valence-electron chi connectivity index (χ3n) is 6.39. The molecule has 0 aromatic carbocycles. The minimum atomic E-state index is -0.947. The molecule has 3 fully saturated rings. The number of amides is 4. The molecule has 8 nitrogen and oxygen atoms in total. The highest BCUT2D eigenvalue weighted by Gasteiger charge is 2.56. The molecule has 0 aromatic rings. The Balaban J connectivity index is 1.57. The van der Waals surface area contributed by atoms with E-state index in [0.29, 0.717) is 25.3 Å². The van der Waals surface area contributed by atoms with E-state index in [9.17, 15) is 19.2 Å². The van der Waals surface area contributed by atoms with Gasteiger partial charge in [-0.15, -0.1) is 0 Å². The summed E-state index contributed by atoms with van der Waals surface area (Å²) in [6.07, 6.45) is 5.08. The maximum absolute atomic E-state index is 13.0. The van der Waals surface area contributed by atoms with E-state index in [1.165, 1.54) is 0 Å². The van der Waals surface area contributed by atoms with E-state index < -0.39 is 24.1 Å². The van der Waals surface area contributed by atoms with Crippen LogP contribution in [-0.2, 0) is 19.1 Å². The molecule has 29 heavy (non-hydrogen) atoms. The van der Waals surface area contributed by atoms with Crippen LogP contribution in [0.4, 0.5) is 4.79 Å². The first-order valence-electron chi connectivity index (χ1n) is 10.6. The summed E-state index contributed by atoms with van der Waals surface area (Å²) in [5.74, 6) is -1.05. The van der Waals surface area contributed by atoms with Crippen molar-refractivity contribution < 1.29 is 23.9 Å². The topological polar surface area (TPSA) is 96.0 Å². The van der Waals surface area contributed by atoms with Gasteiger partial charge in [-0.25, -0.2) is 4.79 Å². The average molecular weight is 408 g/mol. The van der Waals surface area contributed by atoms with Crippen LogP contribution in [0.25, 0.3) is 0 Å². The van der Waals surface area contributed by atoms with Gasteiger partial charge in [0.1, 0.15) is 12.1 Å². The molecule has 2 saturated heterocycles.